The Labute approximate surface area is 143 Å². The molecule has 0 saturated carbocycles. The van der Waals surface area contributed by atoms with Gasteiger partial charge in [-0.15, -0.1) is 0 Å². The lowest BCUT2D eigenvalue weighted by Gasteiger charge is -2.36. The molecule has 1 aliphatic heterocycles. The molecule has 1 amide bonds. The van der Waals surface area contributed by atoms with Crippen LogP contribution in [0.1, 0.15) is 38.7 Å². The number of aliphatic hydroxyl groups is 1. The molecular formula is C18H26ClNO3. The van der Waals surface area contributed by atoms with Crippen LogP contribution in [0, 0.1) is 5.92 Å². The molecule has 1 heterocycles. The van der Waals surface area contributed by atoms with Gasteiger partial charge in [0, 0.05) is 24.8 Å². The summed E-state index contributed by atoms with van der Waals surface area (Å²) in [6.07, 6.45) is 1.45. The van der Waals surface area contributed by atoms with Crippen LogP contribution in [0.3, 0.4) is 0 Å². The average Bonchev–Trinajstić information content (AvgIpc) is 2.55. The minimum absolute atomic E-state index is 0.000905. The first-order valence-electron chi connectivity index (χ1n) is 8.26. The zero-order valence-electron chi connectivity index (χ0n) is 13.8. The average molecular weight is 340 g/mol. The molecule has 0 bridgehead atoms. The lowest BCUT2D eigenvalue weighted by molar-refractivity contribution is -0.130. The van der Waals surface area contributed by atoms with Gasteiger partial charge in [-0.05, 0) is 42.9 Å². The largest absolute Gasteiger partial charge is 0.393 e. The molecule has 0 radical (unpaired) electrons. The van der Waals surface area contributed by atoms with Crippen LogP contribution < -0.4 is 5.32 Å². The summed E-state index contributed by atoms with van der Waals surface area (Å²) in [6, 6.07) is 7.52. The fourth-order valence-corrected chi connectivity index (χ4v) is 3.18. The van der Waals surface area contributed by atoms with E-state index in [0.717, 1.165) is 5.56 Å². The summed E-state index contributed by atoms with van der Waals surface area (Å²) in [7, 11) is 0. The number of hydrogen-bond acceptors (Lipinski definition) is 3. The molecule has 0 aromatic heterocycles. The molecule has 1 aromatic carbocycles. The Morgan fingerprint density at radius 3 is 2.70 bits per heavy atom. The fourth-order valence-electron chi connectivity index (χ4n) is 2.99. The standard InChI is InChI=1S/C18H26ClNO3/c1-13(2)16(21)6-9-20-17(22)18(7-10-23-11-8-18)14-4-3-5-15(19)12-14/h3-5,12-13,16,21H,6-11H2,1-2H3,(H,20,22). The molecule has 0 aliphatic carbocycles. The van der Waals surface area contributed by atoms with Crippen molar-refractivity contribution < 1.29 is 14.6 Å². The van der Waals surface area contributed by atoms with E-state index < -0.39 is 11.5 Å². The van der Waals surface area contributed by atoms with Crippen molar-refractivity contribution >= 4 is 17.5 Å². The third-order valence-corrected chi connectivity index (χ3v) is 4.89. The van der Waals surface area contributed by atoms with Gasteiger partial charge in [0.05, 0.1) is 11.5 Å². The predicted octanol–water partition coefficient (Wildman–Crippen LogP) is 2.91. The molecule has 1 aromatic rings. The Balaban J connectivity index is 2.10. The highest BCUT2D eigenvalue weighted by Crippen LogP contribution is 2.36. The van der Waals surface area contributed by atoms with E-state index in [1.807, 2.05) is 38.1 Å². The molecule has 1 fully saturated rings. The van der Waals surface area contributed by atoms with E-state index in [2.05, 4.69) is 5.32 Å². The van der Waals surface area contributed by atoms with Gasteiger partial charge in [0.25, 0.3) is 0 Å². The Kier molecular flexibility index (Phi) is 6.45. The van der Waals surface area contributed by atoms with Gasteiger partial charge >= 0.3 is 0 Å². The molecule has 0 spiro atoms. The van der Waals surface area contributed by atoms with Crippen molar-refractivity contribution in [2.24, 2.45) is 5.92 Å². The number of carbonyl (C=O) groups excluding carboxylic acids is 1. The van der Waals surface area contributed by atoms with Crippen LogP contribution in [0.4, 0.5) is 0 Å². The Morgan fingerprint density at radius 1 is 1.39 bits per heavy atom. The zero-order chi connectivity index (χ0) is 16.9. The smallest absolute Gasteiger partial charge is 0.230 e. The highest BCUT2D eigenvalue weighted by atomic mass is 35.5. The van der Waals surface area contributed by atoms with Crippen LogP contribution >= 0.6 is 11.6 Å². The zero-order valence-corrected chi connectivity index (χ0v) is 14.6. The topological polar surface area (TPSA) is 58.6 Å². The van der Waals surface area contributed by atoms with Crippen LogP contribution in [0.15, 0.2) is 24.3 Å². The van der Waals surface area contributed by atoms with E-state index in [4.69, 9.17) is 16.3 Å². The summed E-state index contributed by atoms with van der Waals surface area (Å²) in [5.74, 6) is 0.191. The SMILES string of the molecule is CC(C)C(O)CCNC(=O)C1(c2cccc(Cl)c2)CCOCC1. The number of amides is 1. The van der Waals surface area contributed by atoms with Crippen molar-refractivity contribution in [3.63, 3.8) is 0 Å². The van der Waals surface area contributed by atoms with E-state index in [-0.39, 0.29) is 11.8 Å². The van der Waals surface area contributed by atoms with E-state index >= 15 is 0 Å². The number of aliphatic hydroxyl groups excluding tert-OH is 1. The van der Waals surface area contributed by atoms with Gasteiger partial charge in [0.2, 0.25) is 5.91 Å². The number of rotatable bonds is 6. The van der Waals surface area contributed by atoms with Gasteiger partial charge < -0.3 is 15.2 Å². The molecular weight excluding hydrogens is 314 g/mol. The van der Waals surface area contributed by atoms with E-state index in [1.54, 1.807) is 0 Å². The number of halogens is 1. The Bertz CT molecular complexity index is 527. The van der Waals surface area contributed by atoms with Gasteiger partial charge in [0.1, 0.15) is 0 Å². The maximum Gasteiger partial charge on any atom is 0.230 e. The second kappa shape index (κ2) is 8.13. The van der Waals surface area contributed by atoms with Crippen molar-refractivity contribution in [1.29, 1.82) is 0 Å². The van der Waals surface area contributed by atoms with Gasteiger partial charge in [-0.2, -0.15) is 0 Å². The maximum atomic E-state index is 12.9. The third kappa shape index (κ3) is 4.46. The second-order valence-electron chi connectivity index (χ2n) is 6.56. The molecule has 1 saturated heterocycles. The monoisotopic (exact) mass is 339 g/mol. The van der Waals surface area contributed by atoms with E-state index in [0.29, 0.717) is 44.0 Å². The van der Waals surface area contributed by atoms with Crippen LogP contribution in [-0.2, 0) is 14.9 Å². The molecule has 2 rings (SSSR count). The first-order valence-corrected chi connectivity index (χ1v) is 8.63. The molecule has 1 atom stereocenters. The summed E-state index contributed by atoms with van der Waals surface area (Å²) in [4.78, 5) is 12.9. The second-order valence-corrected chi connectivity index (χ2v) is 7.00. The first kappa shape index (κ1) is 18.2. The van der Waals surface area contributed by atoms with Crippen molar-refractivity contribution in [3.05, 3.63) is 34.9 Å². The number of hydrogen-bond donors (Lipinski definition) is 2. The summed E-state index contributed by atoms with van der Waals surface area (Å²) in [5.41, 5.74) is 0.349. The first-order chi connectivity index (χ1) is 11.0. The molecule has 2 N–H and O–H groups in total. The minimum Gasteiger partial charge on any atom is -0.393 e. The lowest BCUT2D eigenvalue weighted by atomic mass is 9.73. The van der Waals surface area contributed by atoms with E-state index in [1.165, 1.54) is 0 Å². The van der Waals surface area contributed by atoms with Crippen LogP contribution in [0.5, 0.6) is 0 Å². The summed E-state index contributed by atoms with van der Waals surface area (Å²) in [6.45, 7) is 5.54. The maximum absolute atomic E-state index is 12.9. The van der Waals surface area contributed by atoms with Gasteiger partial charge in [-0.25, -0.2) is 0 Å². The van der Waals surface area contributed by atoms with Gasteiger partial charge in [0.15, 0.2) is 0 Å². The summed E-state index contributed by atoms with van der Waals surface area (Å²) < 4.78 is 5.45. The predicted molar refractivity (Wildman–Crippen MR) is 91.7 cm³/mol. The molecule has 1 aliphatic rings. The summed E-state index contributed by atoms with van der Waals surface area (Å²) in [5, 5.41) is 13.5. The van der Waals surface area contributed by atoms with Crippen LogP contribution in [0.25, 0.3) is 0 Å². The van der Waals surface area contributed by atoms with Crippen molar-refractivity contribution in [1.82, 2.24) is 5.32 Å². The molecule has 5 heteroatoms. The summed E-state index contributed by atoms with van der Waals surface area (Å²) >= 11 is 6.12. The minimum atomic E-state index is -0.591. The fraction of sp³-hybridized carbons (Fsp3) is 0.611. The van der Waals surface area contributed by atoms with Crippen molar-refractivity contribution in [3.8, 4) is 0 Å². The Morgan fingerprint density at radius 2 is 2.09 bits per heavy atom. The van der Waals surface area contributed by atoms with Crippen molar-refractivity contribution in [2.75, 3.05) is 19.8 Å². The van der Waals surface area contributed by atoms with Crippen LogP contribution in [0.2, 0.25) is 5.02 Å². The molecule has 23 heavy (non-hydrogen) atoms. The highest BCUT2D eigenvalue weighted by molar-refractivity contribution is 6.30. The molecule has 1 unspecified atom stereocenters. The number of benzene rings is 1. The van der Waals surface area contributed by atoms with E-state index in [9.17, 15) is 9.90 Å². The third-order valence-electron chi connectivity index (χ3n) is 4.65. The highest BCUT2D eigenvalue weighted by Gasteiger charge is 2.41. The number of ether oxygens (including phenoxy) is 1. The number of carbonyl (C=O) groups is 1. The van der Waals surface area contributed by atoms with Gasteiger partial charge in [-0.3, -0.25) is 4.79 Å². The number of nitrogens with one attached hydrogen (secondary N) is 1. The normalized spacial score (nSPS) is 18.7. The molecule has 128 valence electrons. The van der Waals surface area contributed by atoms with Crippen LogP contribution in [-0.4, -0.2) is 36.9 Å². The van der Waals surface area contributed by atoms with Crippen molar-refractivity contribution in [2.45, 2.75) is 44.6 Å². The Hall–Kier alpha value is -1.10. The van der Waals surface area contributed by atoms with Gasteiger partial charge in [-0.1, -0.05) is 37.6 Å². The molecule has 4 nitrogen and oxygen atoms in total. The quantitative estimate of drug-likeness (QED) is 0.837. The lowest BCUT2D eigenvalue weighted by Crippen LogP contribution is -2.48.